The fraction of sp³-hybridized carbons (Fsp3) is 0.500. The fourth-order valence-electron chi connectivity index (χ4n) is 5.95. The Hall–Kier alpha value is -2.49. The van der Waals surface area contributed by atoms with E-state index in [-0.39, 0.29) is 11.5 Å². The maximum Gasteiger partial charge on any atom is 0.401 e. The van der Waals surface area contributed by atoms with E-state index in [1.54, 1.807) is 19.1 Å². The zero-order chi connectivity index (χ0) is 26.5. The van der Waals surface area contributed by atoms with Gasteiger partial charge >= 0.3 is 6.18 Å². The van der Waals surface area contributed by atoms with Crippen molar-refractivity contribution in [3.05, 3.63) is 70.4 Å². The second kappa shape index (κ2) is 10.0. The number of unbranched alkanes of at least 4 members (excludes halogenated alkanes) is 1. The number of para-hydroxylation sites is 1. The maximum absolute atomic E-state index is 15.7. The van der Waals surface area contributed by atoms with Gasteiger partial charge in [0.2, 0.25) is 0 Å². The van der Waals surface area contributed by atoms with Crippen molar-refractivity contribution in [3.63, 3.8) is 0 Å². The molecular formula is C28H32F5N3O. The lowest BCUT2D eigenvalue weighted by Crippen LogP contribution is -2.49. The van der Waals surface area contributed by atoms with Gasteiger partial charge in [-0.25, -0.2) is 8.78 Å². The standard InChI is InChI=1S/C28H32F5N3O/c1-3-4-9-35-13-18(14-35)27(37)17-11-21(29)24(22(30)12-17)26-25-20(19-7-5-6-8-23(19)34-25)10-16(2)36(26)15-28(31,32)33/h5-8,11-12,16,18,26-27,34,37H,3-4,9-10,13-15H2,1-2H3/t16-,26-,27?/m1/s1. The van der Waals surface area contributed by atoms with E-state index in [1.807, 2.05) is 12.1 Å². The minimum absolute atomic E-state index is 0.113. The van der Waals surface area contributed by atoms with E-state index in [2.05, 4.69) is 16.8 Å². The third kappa shape index (κ3) is 5.01. The molecule has 3 atom stereocenters. The highest BCUT2D eigenvalue weighted by Crippen LogP contribution is 2.44. The monoisotopic (exact) mass is 521 g/mol. The minimum atomic E-state index is -4.55. The molecule has 5 rings (SSSR count). The van der Waals surface area contributed by atoms with Crippen LogP contribution in [-0.4, -0.2) is 58.3 Å². The molecule has 0 radical (unpaired) electrons. The summed E-state index contributed by atoms with van der Waals surface area (Å²) in [5.74, 6) is -2.04. The molecule has 1 unspecified atom stereocenters. The van der Waals surface area contributed by atoms with Crippen LogP contribution in [0.1, 0.15) is 61.2 Å². The van der Waals surface area contributed by atoms with Gasteiger partial charge in [-0.15, -0.1) is 0 Å². The van der Waals surface area contributed by atoms with Gasteiger partial charge in [0.15, 0.2) is 0 Å². The number of halogens is 5. The van der Waals surface area contributed by atoms with Crippen LogP contribution in [0.25, 0.3) is 10.9 Å². The van der Waals surface area contributed by atoms with Crippen LogP contribution in [-0.2, 0) is 6.42 Å². The first-order valence-corrected chi connectivity index (χ1v) is 12.9. The second-order valence-corrected chi connectivity index (χ2v) is 10.5. The largest absolute Gasteiger partial charge is 0.401 e. The molecule has 2 aliphatic heterocycles. The van der Waals surface area contributed by atoms with E-state index in [9.17, 15) is 18.3 Å². The number of nitrogens with one attached hydrogen (secondary N) is 1. The predicted molar refractivity (Wildman–Crippen MR) is 132 cm³/mol. The highest BCUT2D eigenvalue weighted by atomic mass is 19.4. The third-order valence-electron chi connectivity index (χ3n) is 7.86. The summed E-state index contributed by atoms with van der Waals surface area (Å²) in [4.78, 5) is 6.46. The van der Waals surface area contributed by atoms with Gasteiger partial charge in [-0.2, -0.15) is 13.2 Å². The number of aromatic amines is 1. The zero-order valence-corrected chi connectivity index (χ0v) is 21.0. The van der Waals surface area contributed by atoms with Crippen molar-refractivity contribution >= 4 is 10.9 Å². The van der Waals surface area contributed by atoms with E-state index < -0.39 is 48.1 Å². The number of H-pyrrole nitrogens is 1. The van der Waals surface area contributed by atoms with Crippen LogP contribution in [0.15, 0.2) is 36.4 Å². The highest BCUT2D eigenvalue weighted by Gasteiger charge is 2.44. The first kappa shape index (κ1) is 26.1. The number of aliphatic hydroxyl groups excluding tert-OH is 1. The van der Waals surface area contributed by atoms with Crippen molar-refractivity contribution < 1.29 is 27.1 Å². The molecule has 1 saturated heterocycles. The van der Waals surface area contributed by atoms with Crippen LogP contribution < -0.4 is 0 Å². The van der Waals surface area contributed by atoms with E-state index in [0.29, 0.717) is 30.7 Å². The molecule has 37 heavy (non-hydrogen) atoms. The van der Waals surface area contributed by atoms with E-state index in [4.69, 9.17) is 0 Å². The molecule has 0 saturated carbocycles. The van der Waals surface area contributed by atoms with Crippen LogP contribution in [0.5, 0.6) is 0 Å². The molecule has 2 N–H and O–H groups in total. The molecule has 1 fully saturated rings. The number of benzene rings is 2. The lowest BCUT2D eigenvalue weighted by Gasteiger charge is -2.42. The van der Waals surface area contributed by atoms with Crippen LogP contribution in [0.4, 0.5) is 22.0 Å². The molecular weight excluding hydrogens is 489 g/mol. The molecule has 0 amide bonds. The predicted octanol–water partition coefficient (Wildman–Crippen LogP) is 6.11. The summed E-state index contributed by atoms with van der Waals surface area (Å²) in [6.07, 6.45) is -3.17. The Bertz CT molecular complexity index is 1240. The number of aromatic nitrogens is 1. The van der Waals surface area contributed by atoms with E-state index in [0.717, 1.165) is 47.4 Å². The number of likely N-dealkylation sites (tertiary alicyclic amines) is 1. The van der Waals surface area contributed by atoms with Gasteiger partial charge in [0, 0.05) is 47.2 Å². The summed E-state index contributed by atoms with van der Waals surface area (Å²) in [7, 11) is 0. The van der Waals surface area contributed by atoms with Gasteiger partial charge in [0.1, 0.15) is 11.6 Å². The van der Waals surface area contributed by atoms with Gasteiger partial charge < -0.3 is 15.0 Å². The van der Waals surface area contributed by atoms with E-state index in [1.165, 1.54) is 0 Å². The molecule has 0 aliphatic carbocycles. The number of aliphatic hydroxyl groups is 1. The van der Waals surface area contributed by atoms with Gasteiger partial charge in [-0.05, 0) is 55.6 Å². The van der Waals surface area contributed by atoms with Gasteiger partial charge in [-0.1, -0.05) is 31.5 Å². The Labute approximate surface area is 213 Å². The zero-order valence-electron chi connectivity index (χ0n) is 21.0. The minimum Gasteiger partial charge on any atom is -0.388 e. The smallest absolute Gasteiger partial charge is 0.388 e. The van der Waals surface area contributed by atoms with Crippen molar-refractivity contribution in [1.29, 1.82) is 0 Å². The molecule has 0 spiro atoms. The molecule has 2 aliphatic rings. The number of hydrogen-bond donors (Lipinski definition) is 2. The number of fused-ring (bicyclic) bond motifs is 3. The Balaban J connectivity index is 1.52. The Morgan fingerprint density at radius 1 is 1.11 bits per heavy atom. The normalized spacial score (nSPS) is 22.3. The van der Waals surface area contributed by atoms with Gasteiger partial charge in [0.05, 0.1) is 18.7 Å². The third-order valence-corrected chi connectivity index (χ3v) is 7.86. The molecule has 0 bridgehead atoms. The summed E-state index contributed by atoms with van der Waals surface area (Å²) in [6.45, 7) is 4.66. The Kier molecular flexibility index (Phi) is 7.06. The molecule has 4 nitrogen and oxygen atoms in total. The number of rotatable bonds is 7. The molecule has 1 aromatic heterocycles. The van der Waals surface area contributed by atoms with E-state index >= 15 is 8.78 Å². The first-order chi connectivity index (χ1) is 17.6. The van der Waals surface area contributed by atoms with Crippen LogP contribution in [0.2, 0.25) is 0 Å². The molecule has 3 heterocycles. The second-order valence-electron chi connectivity index (χ2n) is 10.5. The average molecular weight is 522 g/mol. The van der Waals surface area contributed by atoms with Gasteiger partial charge in [0.25, 0.3) is 0 Å². The quantitative estimate of drug-likeness (QED) is 0.369. The molecule has 9 heteroatoms. The number of nitrogens with zero attached hydrogens (tertiary/aromatic N) is 2. The SMILES string of the molecule is CCCCN1CC(C(O)c2cc(F)c([C@@H]3c4[nH]c5ccccc5c4C[C@@H](C)N3CC(F)(F)F)c(F)c2)C1. The van der Waals surface area contributed by atoms with Crippen molar-refractivity contribution in [3.8, 4) is 0 Å². The average Bonchev–Trinajstić information content (AvgIpc) is 3.16. The Morgan fingerprint density at radius 3 is 2.43 bits per heavy atom. The molecule has 200 valence electrons. The Morgan fingerprint density at radius 2 is 1.78 bits per heavy atom. The summed E-state index contributed by atoms with van der Waals surface area (Å²) in [5, 5.41) is 11.6. The molecule has 3 aromatic rings. The highest BCUT2D eigenvalue weighted by molar-refractivity contribution is 5.85. The molecule has 2 aromatic carbocycles. The van der Waals surface area contributed by atoms with Gasteiger partial charge in [-0.3, -0.25) is 4.90 Å². The van der Waals surface area contributed by atoms with Crippen molar-refractivity contribution in [1.82, 2.24) is 14.8 Å². The first-order valence-electron chi connectivity index (χ1n) is 12.9. The lowest BCUT2D eigenvalue weighted by atomic mass is 9.85. The summed E-state index contributed by atoms with van der Waals surface area (Å²) in [5.41, 5.74) is 1.54. The van der Waals surface area contributed by atoms with Crippen molar-refractivity contribution in [2.75, 3.05) is 26.2 Å². The van der Waals surface area contributed by atoms with Crippen molar-refractivity contribution in [2.45, 2.75) is 57.5 Å². The number of hydrogen-bond acceptors (Lipinski definition) is 3. The summed E-state index contributed by atoms with van der Waals surface area (Å²) < 4.78 is 72.2. The van der Waals surface area contributed by atoms with Crippen molar-refractivity contribution in [2.24, 2.45) is 5.92 Å². The number of alkyl halides is 3. The fourth-order valence-corrected chi connectivity index (χ4v) is 5.95. The lowest BCUT2D eigenvalue weighted by molar-refractivity contribution is -0.155. The van der Waals surface area contributed by atoms with Crippen LogP contribution in [0, 0.1) is 17.6 Å². The summed E-state index contributed by atoms with van der Waals surface area (Å²) >= 11 is 0. The van der Waals surface area contributed by atoms with Crippen LogP contribution >= 0.6 is 0 Å². The summed E-state index contributed by atoms with van der Waals surface area (Å²) in [6, 6.07) is 7.59. The van der Waals surface area contributed by atoms with Crippen LogP contribution in [0.3, 0.4) is 0 Å². The maximum atomic E-state index is 15.7. The topological polar surface area (TPSA) is 42.5 Å².